The Morgan fingerprint density at radius 3 is 1.67 bits per heavy atom. The molecule has 0 bridgehead atoms. The molecule has 2 aliphatic heterocycles. The fraction of sp³-hybridized carbons (Fsp3) is 1.00. The largest absolute Gasteiger partial charge is 0.356 e. The van der Waals surface area contributed by atoms with Crippen LogP contribution in [0.2, 0.25) is 0 Å². The molecule has 0 aromatic heterocycles. The van der Waals surface area contributed by atoms with Gasteiger partial charge in [-0.1, -0.05) is 0 Å². The van der Waals surface area contributed by atoms with Gasteiger partial charge in [-0.05, 0) is 25.7 Å². The molecule has 0 N–H and O–H groups in total. The van der Waals surface area contributed by atoms with Crippen LogP contribution >= 0.6 is 0 Å². The number of hydrogen-bond donors (Lipinski definition) is 0. The first kappa shape index (κ1) is 12.9. The lowest BCUT2D eigenvalue weighted by Gasteiger charge is -2.20. The Bertz CT molecular complexity index is 140. The van der Waals surface area contributed by atoms with Crippen molar-refractivity contribution in [3.8, 4) is 0 Å². The van der Waals surface area contributed by atoms with E-state index in [2.05, 4.69) is 0 Å². The first-order valence-electron chi connectivity index (χ1n) is 5.65. The van der Waals surface area contributed by atoms with Crippen molar-refractivity contribution in [3.05, 3.63) is 0 Å². The third-order valence-electron chi connectivity index (χ3n) is 2.55. The lowest BCUT2D eigenvalue weighted by molar-refractivity contribution is -0.145. The molecule has 0 aromatic rings. The van der Waals surface area contributed by atoms with Crippen molar-refractivity contribution in [2.45, 2.75) is 44.7 Å². The molecule has 0 aromatic carbocycles. The summed E-state index contributed by atoms with van der Waals surface area (Å²) in [5.41, 5.74) is 0. The van der Waals surface area contributed by atoms with E-state index >= 15 is 0 Å². The van der Waals surface area contributed by atoms with Crippen LogP contribution in [0.4, 0.5) is 0 Å². The van der Waals surface area contributed by atoms with E-state index in [4.69, 9.17) is 18.9 Å². The first-order valence-corrected chi connectivity index (χ1v) is 5.65. The van der Waals surface area contributed by atoms with Crippen molar-refractivity contribution in [2.75, 3.05) is 27.4 Å². The molecule has 2 rings (SSSR count). The van der Waals surface area contributed by atoms with Crippen LogP contribution in [0, 0.1) is 0 Å². The van der Waals surface area contributed by atoms with E-state index in [0.29, 0.717) is 0 Å². The van der Waals surface area contributed by atoms with Gasteiger partial charge in [0, 0.05) is 33.9 Å². The van der Waals surface area contributed by atoms with Crippen LogP contribution in [0.15, 0.2) is 0 Å². The normalized spacial score (nSPS) is 30.8. The first-order chi connectivity index (χ1) is 7.36. The predicted molar refractivity (Wildman–Crippen MR) is 56.6 cm³/mol. The van der Waals surface area contributed by atoms with Crippen molar-refractivity contribution in [1.82, 2.24) is 0 Å². The molecule has 4 heteroatoms. The van der Waals surface area contributed by atoms with Gasteiger partial charge in [-0.25, -0.2) is 0 Å². The highest BCUT2D eigenvalue weighted by molar-refractivity contribution is 4.52. The van der Waals surface area contributed by atoms with Gasteiger partial charge in [0.05, 0.1) is 0 Å². The molecule has 0 aliphatic carbocycles. The summed E-state index contributed by atoms with van der Waals surface area (Å²) >= 11 is 0. The Hall–Kier alpha value is -0.160. The molecular weight excluding hydrogens is 196 g/mol. The van der Waals surface area contributed by atoms with Crippen molar-refractivity contribution < 1.29 is 18.9 Å². The zero-order chi connectivity index (χ0) is 10.9. The number of ether oxygens (including phenoxy) is 4. The molecular formula is C11H22O4. The summed E-state index contributed by atoms with van der Waals surface area (Å²) in [6.45, 7) is 1.75. The SMILES string of the molecule is COC1CCCCO1.COC1CCCO1. The lowest BCUT2D eigenvalue weighted by atomic mass is 10.2. The molecule has 0 amide bonds. The van der Waals surface area contributed by atoms with Crippen LogP contribution < -0.4 is 0 Å². The van der Waals surface area contributed by atoms with Gasteiger partial charge in [-0.3, -0.25) is 0 Å². The number of methoxy groups -OCH3 is 2. The summed E-state index contributed by atoms with van der Waals surface area (Å²) in [5, 5.41) is 0. The van der Waals surface area contributed by atoms with Crippen LogP contribution in [-0.4, -0.2) is 40.0 Å². The lowest BCUT2D eigenvalue weighted by Crippen LogP contribution is -2.20. The molecule has 0 spiro atoms. The smallest absolute Gasteiger partial charge is 0.157 e. The highest BCUT2D eigenvalue weighted by Crippen LogP contribution is 2.12. The average Bonchev–Trinajstić information content (AvgIpc) is 2.84. The predicted octanol–water partition coefficient (Wildman–Crippen LogP) is 1.93. The van der Waals surface area contributed by atoms with Crippen molar-refractivity contribution in [1.29, 1.82) is 0 Å². The molecule has 2 aliphatic rings. The molecule has 2 saturated heterocycles. The van der Waals surface area contributed by atoms with E-state index < -0.39 is 0 Å². The van der Waals surface area contributed by atoms with E-state index in [1.165, 1.54) is 12.8 Å². The summed E-state index contributed by atoms with van der Waals surface area (Å²) in [7, 11) is 3.37. The topological polar surface area (TPSA) is 36.9 Å². The van der Waals surface area contributed by atoms with Crippen LogP contribution in [0.3, 0.4) is 0 Å². The zero-order valence-corrected chi connectivity index (χ0v) is 9.74. The molecule has 2 atom stereocenters. The van der Waals surface area contributed by atoms with E-state index in [1.807, 2.05) is 0 Å². The highest BCUT2D eigenvalue weighted by atomic mass is 16.7. The third kappa shape index (κ3) is 5.47. The molecule has 4 nitrogen and oxygen atoms in total. The summed E-state index contributed by atoms with van der Waals surface area (Å²) in [4.78, 5) is 0. The monoisotopic (exact) mass is 218 g/mol. The van der Waals surface area contributed by atoms with E-state index in [-0.39, 0.29) is 12.6 Å². The van der Waals surface area contributed by atoms with Gasteiger partial charge in [0.2, 0.25) is 0 Å². The van der Waals surface area contributed by atoms with Crippen LogP contribution in [0.25, 0.3) is 0 Å². The fourth-order valence-corrected chi connectivity index (χ4v) is 1.63. The minimum absolute atomic E-state index is 0.0868. The van der Waals surface area contributed by atoms with Gasteiger partial charge in [0.1, 0.15) is 0 Å². The Morgan fingerprint density at radius 2 is 1.33 bits per heavy atom. The molecule has 0 saturated carbocycles. The van der Waals surface area contributed by atoms with Gasteiger partial charge in [0.15, 0.2) is 12.6 Å². The van der Waals surface area contributed by atoms with Gasteiger partial charge in [-0.15, -0.1) is 0 Å². The molecule has 2 unspecified atom stereocenters. The van der Waals surface area contributed by atoms with Crippen LogP contribution in [0.1, 0.15) is 32.1 Å². The Balaban J connectivity index is 0.000000151. The minimum atomic E-state index is 0.0868. The standard InChI is InChI=1S/C6H12O2.C5H10O2/c1-7-6-4-2-3-5-8-6;1-6-5-3-2-4-7-5/h6H,2-5H2,1H3;5H,2-4H2,1H3. The molecule has 0 radical (unpaired) electrons. The molecule has 90 valence electrons. The van der Waals surface area contributed by atoms with Gasteiger partial charge < -0.3 is 18.9 Å². The number of rotatable bonds is 2. The van der Waals surface area contributed by atoms with Crippen LogP contribution in [-0.2, 0) is 18.9 Å². The van der Waals surface area contributed by atoms with Crippen molar-refractivity contribution >= 4 is 0 Å². The molecule has 2 fully saturated rings. The maximum absolute atomic E-state index is 5.20. The summed E-state index contributed by atoms with van der Waals surface area (Å²) in [6.07, 6.45) is 5.91. The Labute approximate surface area is 91.8 Å². The summed E-state index contributed by atoms with van der Waals surface area (Å²) in [6, 6.07) is 0. The van der Waals surface area contributed by atoms with Crippen molar-refractivity contribution in [3.63, 3.8) is 0 Å². The Kier molecular flexibility index (Phi) is 6.92. The Morgan fingerprint density at radius 1 is 0.800 bits per heavy atom. The second kappa shape index (κ2) is 8.05. The number of hydrogen-bond acceptors (Lipinski definition) is 4. The maximum atomic E-state index is 5.20. The van der Waals surface area contributed by atoms with Gasteiger partial charge in [0.25, 0.3) is 0 Å². The van der Waals surface area contributed by atoms with Crippen molar-refractivity contribution in [2.24, 2.45) is 0 Å². The molecule has 15 heavy (non-hydrogen) atoms. The average molecular weight is 218 g/mol. The highest BCUT2D eigenvalue weighted by Gasteiger charge is 2.12. The molecule has 2 heterocycles. The second-order valence-corrected chi connectivity index (χ2v) is 3.71. The minimum Gasteiger partial charge on any atom is -0.356 e. The summed E-state index contributed by atoms with van der Waals surface area (Å²) in [5.74, 6) is 0. The maximum Gasteiger partial charge on any atom is 0.157 e. The quantitative estimate of drug-likeness (QED) is 0.709. The summed E-state index contributed by atoms with van der Waals surface area (Å²) < 4.78 is 20.1. The van der Waals surface area contributed by atoms with E-state index in [1.54, 1.807) is 14.2 Å². The van der Waals surface area contributed by atoms with E-state index in [0.717, 1.165) is 32.5 Å². The fourth-order valence-electron chi connectivity index (χ4n) is 1.63. The van der Waals surface area contributed by atoms with Gasteiger partial charge >= 0.3 is 0 Å². The van der Waals surface area contributed by atoms with E-state index in [9.17, 15) is 0 Å². The van der Waals surface area contributed by atoms with Gasteiger partial charge in [-0.2, -0.15) is 0 Å². The zero-order valence-electron chi connectivity index (χ0n) is 9.74. The second-order valence-electron chi connectivity index (χ2n) is 3.71. The van der Waals surface area contributed by atoms with Crippen LogP contribution in [0.5, 0.6) is 0 Å². The third-order valence-corrected chi connectivity index (χ3v) is 2.55.